The van der Waals surface area contributed by atoms with Gasteiger partial charge in [0.15, 0.2) is 0 Å². The molecular formula is C17H16N2O2S. The Morgan fingerprint density at radius 3 is 2.86 bits per heavy atom. The molecule has 2 heterocycles. The summed E-state index contributed by atoms with van der Waals surface area (Å²) in [6.45, 7) is 2.54. The molecule has 2 aromatic heterocycles. The molecule has 0 radical (unpaired) electrons. The minimum absolute atomic E-state index is 0.598. The lowest BCUT2D eigenvalue weighted by Crippen LogP contribution is -1.94. The van der Waals surface area contributed by atoms with E-state index in [4.69, 9.17) is 14.5 Å². The first-order valence-corrected chi connectivity index (χ1v) is 7.88. The Morgan fingerprint density at radius 1 is 1.18 bits per heavy atom. The Labute approximate surface area is 133 Å². The molecule has 0 fully saturated rings. The number of benzene rings is 1. The first-order chi connectivity index (χ1) is 10.8. The lowest BCUT2D eigenvalue weighted by molar-refractivity contribution is 0.327. The van der Waals surface area contributed by atoms with Gasteiger partial charge in [-0.1, -0.05) is 12.1 Å². The van der Waals surface area contributed by atoms with Crippen molar-refractivity contribution in [3.63, 3.8) is 0 Å². The highest BCUT2D eigenvalue weighted by molar-refractivity contribution is 7.13. The average Bonchev–Trinajstić information content (AvgIpc) is 3.05. The molecule has 0 saturated heterocycles. The van der Waals surface area contributed by atoms with Crippen molar-refractivity contribution in [2.24, 2.45) is 0 Å². The molecule has 112 valence electrons. The van der Waals surface area contributed by atoms with Gasteiger partial charge in [0.05, 0.1) is 19.4 Å². The van der Waals surface area contributed by atoms with E-state index in [1.54, 1.807) is 24.6 Å². The molecule has 0 aliphatic heterocycles. The average molecular weight is 312 g/mol. The molecule has 0 saturated carbocycles. The van der Waals surface area contributed by atoms with Gasteiger partial charge < -0.3 is 9.47 Å². The van der Waals surface area contributed by atoms with Crippen LogP contribution in [0.5, 0.6) is 11.6 Å². The summed E-state index contributed by atoms with van der Waals surface area (Å²) in [5.41, 5.74) is 2.91. The molecule has 0 aliphatic rings. The van der Waals surface area contributed by atoms with Gasteiger partial charge in [0.25, 0.3) is 0 Å². The third kappa shape index (κ3) is 2.94. The maximum Gasteiger partial charge on any atom is 0.213 e. The topological polar surface area (TPSA) is 44.2 Å². The standard InChI is InChI=1S/C17H16N2O2S/c1-3-21-16-10-12(8-9-18-16)17-19-14(11-22-17)13-6-4-5-7-15(13)20-2/h4-11H,3H2,1-2H3. The van der Waals surface area contributed by atoms with E-state index in [-0.39, 0.29) is 0 Å². The Bertz CT molecular complexity index is 771. The molecule has 0 spiro atoms. The molecule has 4 nitrogen and oxygen atoms in total. The van der Waals surface area contributed by atoms with Gasteiger partial charge in [-0.05, 0) is 25.1 Å². The second kappa shape index (κ2) is 6.58. The van der Waals surface area contributed by atoms with Crippen LogP contribution in [0.1, 0.15) is 6.92 Å². The molecular weight excluding hydrogens is 296 g/mol. The number of nitrogens with zero attached hydrogens (tertiary/aromatic N) is 2. The van der Waals surface area contributed by atoms with E-state index in [1.807, 2.05) is 48.7 Å². The fourth-order valence-electron chi connectivity index (χ4n) is 2.16. The molecule has 0 amide bonds. The van der Waals surface area contributed by atoms with Crippen LogP contribution in [0.3, 0.4) is 0 Å². The van der Waals surface area contributed by atoms with Crippen molar-refractivity contribution in [2.75, 3.05) is 13.7 Å². The number of hydrogen-bond donors (Lipinski definition) is 0. The van der Waals surface area contributed by atoms with Crippen molar-refractivity contribution >= 4 is 11.3 Å². The molecule has 1 aromatic carbocycles. The van der Waals surface area contributed by atoms with Crippen molar-refractivity contribution in [1.82, 2.24) is 9.97 Å². The zero-order chi connectivity index (χ0) is 15.4. The minimum atomic E-state index is 0.598. The van der Waals surface area contributed by atoms with Crippen LogP contribution < -0.4 is 9.47 Å². The lowest BCUT2D eigenvalue weighted by atomic mass is 10.1. The second-order valence-corrected chi connectivity index (χ2v) is 5.41. The quantitative estimate of drug-likeness (QED) is 0.705. The zero-order valence-corrected chi connectivity index (χ0v) is 13.3. The molecule has 5 heteroatoms. The zero-order valence-electron chi connectivity index (χ0n) is 12.4. The summed E-state index contributed by atoms with van der Waals surface area (Å²) < 4.78 is 10.8. The number of para-hydroxylation sites is 1. The number of methoxy groups -OCH3 is 1. The molecule has 0 atom stereocenters. The Morgan fingerprint density at radius 2 is 2.05 bits per heavy atom. The summed E-state index contributed by atoms with van der Waals surface area (Å²) in [7, 11) is 1.67. The van der Waals surface area contributed by atoms with E-state index in [9.17, 15) is 0 Å². The predicted molar refractivity (Wildman–Crippen MR) is 88.5 cm³/mol. The van der Waals surface area contributed by atoms with Gasteiger partial charge in [-0.2, -0.15) is 0 Å². The van der Waals surface area contributed by atoms with Crippen molar-refractivity contribution < 1.29 is 9.47 Å². The van der Waals surface area contributed by atoms with Gasteiger partial charge >= 0.3 is 0 Å². The summed E-state index contributed by atoms with van der Waals surface area (Å²) in [5.74, 6) is 1.44. The Balaban J connectivity index is 1.95. The van der Waals surface area contributed by atoms with E-state index >= 15 is 0 Å². The van der Waals surface area contributed by atoms with Crippen molar-refractivity contribution in [1.29, 1.82) is 0 Å². The molecule has 0 aliphatic carbocycles. The largest absolute Gasteiger partial charge is 0.496 e. The number of rotatable bonds is 5. The van der Waals surface area contributed by atoms with Crippen molar-refractivity contribution in [3.8, 4) is 33.5 Å². The van der Waals surface area contributed by atoms with Crippen LogP contribution >= 0.6 is 11.3 Å². The summed E-state index contributed by atoms with van der Waals surface area (Å²) in [4.78, 5) is 8.90. The fourth-order valence-corrected chi connectivity index (χ4v) is 2.97. The molecule has 3 aromatic rings. The summed E-state index contributed by atoms with van der Waals surface area (Å²) in [6.07, 6.45) is 1.74. The first kappa shape index (κ1) is 14.5. The summed E-state index contributed by atoms with van der Waals surface area (Å²) in [6, 6.07) is 11.7. The van der Waals surface area contributed by atoms with Crippen molar-refractivity contribution in [3.05, 3.63) is 48.0 Å². The van der Waals surface area contributed by atoms with E-state index in [0.29, 0.717) is 12.5 Å². The Hall–Kier alpha value is -2.40. The van der Waals surface area contributed by atoms with E-state index < -0.39 is 0 Å². The van der Waals surface area contributed by atoms with Gasteiger partial charge in [0.1, 0.15) is 10.8 Å². The lowest BCUT2D eigenvalue weighted by Gasteiger charge is -2.05. The predicted octanol–water partition coefficient (Wildman–Crippen LogP) is 4.28. The minimum Gasteiger partial charge on any atom is -0.496 e. The molecule has 22 heavy (non-hydrogen) atoms. The van der Waals surface area contributed by atoms with Crippen LogP contribution in [0.25, 0.3) is 21.8 Å². The fraction of sp³-hybridized carbons (Fsp3) is 0.176. The van der Waals surface area contributed by atoms with E-state index in [0.717, 1.165) is 27.6 Å². The highest BCUT2D eigenvalue weighted by atomic mass is 32.1. The highest BCUT2D eigenvalue weighted by Gasteiger charge is 2.11. The van der Waals surface area contributed by atoms with Crippen LogP contribution in [0, 0.1) is 0 Å². The molecule has 3 rings (SSSR count). The van der Waals surface area contributed by atoms with Crippen LogP contribution in [-0.2, 0) is 0 Å². The van der Waals surface area contributed by atoms with Crippen LogP contribution in [-0.4, -0.2) is 23.7 Å². The van der Waals surface area contributed by atoms with Crippen molar-refractivity contribution in [2.45, 2.75) is 6.92 Å². The van der Waals surface area contributed by atoms with Gasteiger partial charge in [0, 0.05) is 28.8 Å². The summed E-state index contributed by atoms with van der Waals surface area (Å²) >= 11 is 1.59. The van der Waals surface area contributed by atoms with Gasteiger partial charge in [0.2, 0.25) is 5.88 Å². The molecule has 0 unspecified atom stereocenters. The van der Waals surface area contributed by atoms with E-state index in [1.165, 1.54) is 0 Å². The maximum atomic E-state index is 5.44. The Kier molecular flexibility index (Phi) is 4.34. The van der Waals surface area contributed by atoms with Gasteiger partial charge in [-0.15, -0.1) is 11.3 Å². The van der Waals surface area contributed by atoms with Crippen LogP contribution in [0.15, 0.2) is 48.0 Å². The molecule has 0 N–H and O–H groups in total. The number of aromatic nitrogens is 2. The maximum absolute atomic E-state index is 5.44. The monoisotopic (exact) mass is 312 g/mol. The highest BCUT2D eigenvalue weighted by Crippen LogP contribution is 2.34. The summed E-state index contributed by atoms with van der Waals surface area (Å²) in [5, 5.41) is 2.97. The van der Waals surface area contributed by atoms with Crippen LogP contribution in [0.4, 0.5) is 0 Å². The number of pyridine rings is 1. The first-order valence-electron chi connectivity index (χ1n) is 7.00. The van der Waals surface area contributed by atoms with E-state index in [2.05, 4.69) is 4.98 Å². The number of thiazole rings is 1. The third-order valence-corrected chi connectivity index (χ3v) is 4.05. The molecule has 0 bridgehead atoms. The number of ether oxygens (including phenoxy) is 2. The van der Waals surface area contributed by atoms with Crippen LogP contribution in [0.2, 0.25) is 0 Å². The third-order valence-electron chi connectivity index (χ3n) is 3.16. The SMILES string of the molecule is CCOc1cc(-c2nc(-c3ccccc3OC)cs2)ccn1. The van der Waals surface area contributed by atoms with Gasteiger partial charge in [-0.25, -0.2) is 9.97 Å². The van der Waals surface area contributed by atoms with Gasteiger partial charge in [-0.3, -0.25) is 0 Å². The smallest absolute Gasteiger partial charge is 0.213 e. The second-order valence-electron chi connectivity index (χ2n) is 4.55. The normalized spacial score (nSPS) is 10.5. The number of hydrogen-bond acceptors (Lipinski definition) is 5.